The molecule has 6 heteroatoms. The Morgan fingerprint density at radius 2 is 1.91 bits per heavy atom. The largest absolute Gasteiger partial charge is 0.458 e. The van der Waals surface area contributed by atoms with E-state index in [9.17, 15) is 14.7 Å². The number of aryl methyl sites for hydroxylation is 1. The number of carbonyl (C=O) groups is 2. The number of para-hydroxylation sites is 1. The minimum atomic E-state index is -1.21. The first-order valence-electron chi connectivity index (χ1n) is 11.7. The van der Waals surface area contributed by atoms with E-state index >= 15 is 0 Å². The Labute approximate surface area is 190 Å². The number of hydrogen-bond acceptors (Lipinski definition) is 5. The highest BCUT2D eigenvalue weighted by molar-refractivity contribution is 6.04. The summed E-state index contributed by atoms with van der Waals surface area (Å²) in [6.07, 6.45) is 13.2. The molecule has 0 saturated carbocycles. The molecule has 1 atom stereocenters. The average molecular weight is 442 g/mol. The van der Waals surface area contributed by atoms with Gasteiger partial charge in [0.15, 0.2) is 5.60 Å². The first-order valence-corrected chi connectivity index (χ1v) is 11.7. The Bertz CT molecular complexity index is 960. The predicted molar refractivity (Wildman–Crippen MR) is 124 cm³/mol. The van der Waals surface area contributed by atoms with E-state index in [1.54, 1.807) is 6.20 Å². The van der Waals surface area contributed by atoms with Crippen molar-refractivity contribution in [2.45, 2.75) is 70.3 Å². The van der Waals surface area contributed by atoms with Gasteiger partial charge in [0.05, 0.1) is 12.2 Å². The molecule has 1 aliphatic rings. The monoisotopic (exact) mass is 441 g/mol. The van der Waals surface area contributed by atoms with Crippen molar-refractivity contribution in [2.24, 2.45) is 7.05 Å². The van der Waals surface area contributed by atoms with E-state index in [2.05, 4.69) is 6.92 Å². The van der Waals surface area contributed by atoms with Crippen molar-refractivity contribution in [3.63, 3.8) is 0 Å². The van der Waals surface area contributed by atoms with Gasteiger partial charge in [0.2, 0.25) is 0 Å². The Morgan fingerprint density at radius 1 is 1.19 bits per heavy atom. The van der Waals surface area contributed by atoms with Gasteiger partial charge in [0.25, 0.3) is 0 Å². The fraction of sp³-hybridized carbons (Fsp3) is 0.538. The summed E-state index contributed by atoms with van der Waals surface area (Å²) in [7, 11) is 1.87. The minimum Gasteiger partial charge on any atom is -0.458 e. The third-order valence-electron chi connectivity index (χ3n) is 6.15. The molecule has 2 aromatic rings. The highest BCUT2D eigenvalue weighted by Crippen LogP contribution is 2.32. The number of aliphatic hydroxyl groups excluding tert-OH is 1. The van der Waals surface area contributed by atoms with Gasteiger partial charge in [-0.05, 0) is 18.9 Å². The molecule has 1 fully saturated rings. The number of ether oxygens (including phenoxy) is 2. The van der Waals surface area contributed by atoms with Crippen LogP contribution in [0, 0.1) is 0 Å². The highest BCUT2D eigenvalue weighted by atomic mass is 16.6. The molecule has 0 aliphatic carbocycles. The van der Waals surface area contributed by atoms with Crippen LogP contribution in [0.4, 0.5) is 0 Å². The number of unbranched alkanes of at least 4 members (excludes halogenated alkanes) is 7. The lowest BCUT2D eigenvalue weighted by Crippen LogP contribution is -2.39. The van der Waals surface area contributed by atoms with E-state index in [-0.39, 0.29) is 13.0 Å². The number of fused-ring (bicyclic) bond motifs is 1. The topological polar surface area (TPSA) is 77.8 Å². The molecular weight excluding hydrogens is 406 g/mol. The lowest BCUT2D eigenvalue weighted by molar-refractivity contribution is -0.154. The number of carbonyl (C=O) groups excluding carboxylic acids is 2. The van der Waals surface area contributed by atoms with Gasteiger partial charge in [-0.3, -0.25) is 0 Å². The molecule has 0 amide bonds. The second-order valence-electron chi connectivity index (χ2n) is 8.79. The lowest BCUT2D eigenvalue weighted by atomic mass is 9.98. The van der Waals surface area contributed by atoms with Crippen LogP contribution in [-0.4, -0.2) is 40.4 Å². The quantitative estimate of drug-likeness (QED) is 0.282. The van der Waals surface area contributed by atoms with E-state index < -0.39 is 24.1 Å². The molecule has 1 unspecified atom stereocenters. The van der Waals surface area contributed by atoms with Gasteiger partial charge in [-0.2, -0.15) is 0 Å². The van der Waals surface area contributed by atoms with Crippen molar-refractivity contribution in [3.8, 4) is 0 Å². The summed E-state index contributed by atoms with van der Waals surface area (Å²) in [5.74, 6) is -0.922. The van der Waals surface area contributed by atoms with Crippen LogP contribution in [0.2, 0.25) is 0 Å². The number of rotatable bonds is 12. The Balaban J connectivity index is 1.53. The normalized spacial score (nSPS) is 19.6. The van der Waals surface area contributed by atoms with E-state index in [1.807, 2.05) is 42.0 Å². The zero-order valence-corrected chi connectivity index (χ0v) is 19.3. The van der Waals surface area contributed by atoms with Crippen molar-refractivity contribution in [1.82, 2.24) is 4.57 Å². The maximum atomic E-state index is 12.7. The Kier molecular flexibility index (Phi) is 8.51. The summed E-state index contributed by atoms with van der Waals surface area (Å²) in [5.41, 5.74) is 0.740. The number of benzene rings is 1. The molecule has 32 heavy (non-hydrogen) atoms. The van der Waals surface area contributed by atoms with Gasteiger partial charge in [0.1, 0.15) is 6.61 Å². The Hall–Kier alpha value is -2.60. The van der Waals surface area contributed by atoms with E-state index in [0.717, 1.165) is 30.2 Å². The van der Waals surface area contributed by atoms with Crippen LogP contribution < -0.4 is 0 Å². The smallest absolute Gasteiger partial charge is 0.340 e. The number of aromatic nitrogens is 1. The van der Waals surface area contributed by atoms with Gasteiger partial charge < -0.3 is 19.1 Å². The summed E-state index contributed by atoms with van der Waals surface area (Å²) in [4.78, 5) is 25.1. The number of cyclic esters (lactones) is 1. The molecule has 3 rings (SSSR count). The zero-order chi connectivity index (χ0) is 23.0. The van der Waals surface area contributed by atoms with E-state index in [0.29, 0.717) is 11.1 Å². The van der Waals surface area contributed by atoms with E-state index in [1.165, 1.54) is 32.1 Å². The summed E-state index contributed by atoms with van der Waals surface area (Å²) < 4.78 is 12.8. The van der Waals surface area contributed by atoms with Crippen LogP contribution in [0.5, 0.6) is 0 Å². The number of esters is 2. The SMILES string of the molecule is CCCCCCCCC/C=C1\CC(CO)(COC(=O)c2cn(C)c3ccccc23)OC1=O. The van der Waals surface area contributed by atoms with Crippen molar-refractivity contribution in [2.75, 3.05) is 13.2 Å². The van der Waals surface area contributed by atoms with Crippen molar-refractivity contribution < 1.29 is 24.2 Å². The third kappa shape index (κ3) is 5.80. The molecule has 1 saturated heterocycles. The third-order valence-corrected chi connectivity index (χ3v) is 6.15. The molecule has 6 nitrogen and oxygen atoms in total. The van der Waals surface area contributed by atoms with Crippen LogP contribution in [-0.2, 0) is 21.3 Å². The van der Waals surface area contributed by atoms with Gasteiger partial charge in [0, 0.05) is 36.1 Å². The summed E-state index contributed by atoms with van der Waals surface area (Å²) in [6.45, 7) is 1.65. The molecule has 1 aromatic carbocycles. The number of hydrogen-bond donors (Lipinski definition) is 1. The lowest BCUT2D eigenvalue weighted by Gasteiger charge is -2.24. The number of nitrogens with zero attached hydrogens (tertiary/aromatic N) is 1. The van der Waals surface area contributed by atoms with Crippen LogP contribution in [0.1, 0.15) is 75.1 Å². The van der Waals surface area contributed by atoms with Gasteiger partial charge in [-0.15, -0.1) is 0 Å². The van der Waals surface area contributed by atoms with Crippen molar-refractivity contribution in [1.29, 1.82) is 0 Å². The zero-order valence-electron chi connectivity index (χ0n) is 19.3. The first-order chi connectivity index (χ1) is 15.5. The van der Waals surface area contributed by atoms with Crippen LogP contribution in [0.25, 0.3) is 10.9 Å². The molecule has 1 aliphatic heterocycles. The molecule has 0 radical (unpaired) electrons. The molecular formula is C26H35NO5. The number of allylic oxidation sites excluding steroid dienone is 1. The van der Waals surface area contributed by atoms with Crippen LogP contribution in [0.3, 0.4) is 0 Å². The second-order valence-corrected chi connectivity index (χ2v) is 8.79. The fourth-order valence-electron chi connectivity index (χ4n) is 4.24. The molecule has 0 bridgehead atoms. The summed E-state index contributed by atoms with van der Waals surface area (Å²) in [5, 5.41) is 10.7. The standard InChI is InChI=1S/C26H35NO5/c1-3-4-5-6-7-8-9-10-13-20-16-26(18-28,32-24(20)29)19-31-25(30)22-17-27(2)23-15-12-11-14-21(22)23/h11-15,17,28H,3-10,16,18-19H2,1-2H3/b20-13+. The summed E-state index contributed by atoms with van der Waals surface area (Å²) in [6, 6.07) is 7.59. The van der Waals surface area contributed by atoms with Gasteiger partial charge in [-0.1, -0.05) is 69.7 Å². The average Bonchev–Trinajstić information content (AvgIpc) is 3.31. The molecule has 174 valence electrons. The predicted octanol–water partition coefficient (Wildman–Crippen LogP) is 5.08. The number of aliphatic hydroxyl groups is 1. The van der Waals surface area contributed by atoms with Crippen LogP contribution in [0.15, 0.2) is 42.1 Å². The molecule has 2 heterocycles. The molecule has 0 spiro atoms. The first kappa shape index (κ1) is 24.1. The van der Waals surface area contributed by atoms with E-state index in [4.69, 9.17) is 9.47 Å². The second kappa shape index (κ2) is 11.3. The van der Waals surface area contributed by atoms with Gasteiger partial charge in [-0.25, -0.2) is 9.59 Å². The molecule has 1 N–H and O–H groups in total. The van der Waals surface area contributed by atoms with Crippen LogP contribution >= 0.6 is 0 Å². The molecule has 1 aromatic heterocycles. The highest BCUT2D eigenvalue weighted by Gasteiger charge is 2.44. The van der Waals surface area contributed by atoms with Crippen molar-refractivity contribution >= 4 is 22.8 Å². The fourth-order valence-corrected chi connectivity index (χ4v) is 4.24. The minimum absolute atomic E-state index is 0.175. The van der Waals surface area contributed by atoms with Crippen molar-refractivity contribution in [3.05, 3.63) is 47.7 Å². The maximum Gasteiger partial charge on any atom is 0.340 e. The Morgan fingerprint density at radius 3 is 2.66 bits per heavy atom. The van der Waals surface area contributed by atoms with Gasteiger partial charge >= 0.3 is 11.9 Å². The summed E-state index contributed by atoms with van der Waals surface area (Å²) >= 11 is 0. The maximum absolute atomic E-state index is 12.7.